The Balaban J connectivity index is 1.89. The number of carbonyl (C=O) groups excluding carboxylic acids is 1. The van der Waals surface area contributed by atoms with Crippen LogP contribution in [0.25, 0.3) is 10.6 Å². The highest BCUT2D eigenvalue weighted by Crippen LogP contribution is 2.36. The number of benzene rings is 1. The molecule has 13 heteroatoms. The van der Waals surface area contributed by atoms with Gasteiger partial charge in [-0.1, -0.05) is 0 Å². The largest absolute Gasteiger partial charge is 0.433 e. The molecular formula is C17H15F3N4O4S2. The van der Waals surface area contributed by atoms with Crippen molar-refractivity contribution in [1.29, 1.82) is 0 Å². The second-order valence-electron chi connectivity index (χ2n) is 6.12. The highest BCUT2D eigenvalue weighted by molar-refractivity contribution is 7.94. The van der Waals surface area contributed by atoms with E-state index in [0.29, 0.717) is 4.68 Å². The summed E-state index contributed by atoms with van der Waals surface area (Å²) >= 11 is 0.790. The first-order chi connectivity index (χ1) is 13.9. The number of rotatable bonds is 5. The predicted octanol–water partition coefficient (Wildman–Crippen LogP) is 3.11. The van der Waals surface area contributed by atoms with Crippen molar-refractivity contribution in [3.63, 3.8) is 0 Å². The van der Waals surface area contributed by atoms with E-state index >= 15 is 0 Å². The van der Waals surface area contributed by atoms with Crippen LogP contribution in [0.2, 0.25) is 0 Å². The van der Waals surface area contributed by atoms with E-state index in [1.165, 1.54) is 48.9 Å². The number of nitrogens with zero attached hydrogens (tertiary/aromatic N) is 3. The van der Waals surface area contributed by atoms with Crippen molar-refractivity contribution in [2.24, 2.45) is 7.05 Å². The molecule has 2 heterocycles. The maximum Gasteiger partial charge on any atom is 0.433 e. The lowest BCUT2D eigenvalue weighted by Gasteiger charge is -2.18. The summed E-state index contributed by atoms with van der Waals surface area (Å²) in [5.74, 6) is -0.747. The van der Waals surface area contributed by atoms with Crippen LogP contribution in [-0.4, -0.2) is 36.4 Å². The zero-order valence-corrected chi connectivity index (χ0v) is 17.1. The molecule has 3 rings (SSSR count). The van der Waals surface area contributed by atoms with E-state index in [2.05, 4.69) is 5.10 Å². The molecule has 3 aromatic rings. The number of hydrogen-bond acceptors (Lipinski definition) is 6. The first-order valence-corrected chi connectivity index (χ1v) is 10.5. The van der Waals surface area contributed by atoms with Crippen LogP contribution in [0.4, 0.5) is 18.9 Å². The number of alkyl halides is 3. The zero-order valence-electron chi connectivity index (χ0n) is 15.5. The molecule has 0 saturated heterocycles. The predicted molar refractivity (Wildman–Crippen MR) is 103 cm³/mol. The summed E-state index contributed by atoms with van der Waals surface area (Å²) in [5, 5.41) is 12.5. The maximum absolute atomic E-state index is 13.0. The van der Waals surface area contributed by atoms with E-state index in [1.807, 2.05) is 0 Å². The number of anilines is 1. The summed E-state index contributed by atoms with van der Waals surface area (Å²) < 4.78 is 66.3. The van der Waals surface area contributed by atoms with E-state index in [-0.39, 0.29) is 26.0 Å². The third kappa shape index (κ3) is 4.04. The Labute approximate surface area is 173 Å². The summed E-state index contributed by atoms with van der Waals surface area (Å²) in [4.78, 5) is 11.6. The van der Waals surface area contributed by atoms with Gasteiger partial charge in [0.05, 0.1) is 10.6 Å². The molecule has 8 nitrogen and oxygen atoms in total. The lowest BCUT2D eigenvalue weighted by Crippen LogP contribution is -2.26. The standard InChI is InChI=1S/C17H15F3N4O4S2/c1-23-14(17(18,19)20)9-12(21-23)13-7-8-15(29-13)30(27,28)24(2)11-5-3-10(4-6-11)16(25)22-26/h3-9,26H,1-2H3,(H,22,25). The minimum Gasteiger partial charge on any atom is -0.288 e. The fourth-order valence-corrected chi connectivity index (χ4v) is 5.24. The van der Waals surface area contributed by atoms with Gasteiger partial charge in [-0.15, -0.1) is 11.3 Å². The number of nitrogens with one attached hydrogen (secondary N) is 1. The molecule has 0 unspecified atom stereocenters. The Morgan fingerprint density at radius 2 is 1.83 bits per heavy atom. The van der Waals surface area contributed by atoms with Gasteiger partial charge in [-0.2, -0.15) is 18.3 Å². The Hall–Kier alpha value is -2.90. The zero-order chi connectivity index (χ0) is 22.3. The average Bonchev–Trinajstić information content (AvgIpc) is 3.33. The van der Waals surface area contributed by atoms with Gasteiger partial charge in [-0.05, 0) is 42.5 Å². The normalized spacial score (nSPS) is 12.1. The van der Waals surface area contributed by atoms with Crippen molar-refractivity contribution in [1.82, 2.24) is 15.3 Å². The first-order valence-electron chi connectivity index (χ1n) is 8.20. The van der Waals surface area contributed by atoms with Crippen LogP contribution in [0.15, 0.2) is 46.7 Å². The van der Waals surface area contributed by atoms with Crippen molar-refractivity contribution >= 4 is 33.0 Å². The molecule has 0 fully saturated rings. The molecule has 0 atom stereocenters. The average molecular weight is 460 g/mol. The Morgan fingerprint density at radius 1 is 1.20 bits per heavy atom. The van der Waals surface area contributed by atoms with Gasteiger partial charge in [0.25, 0.3) is 15.9 Å². The van der Waals surface area contributed by atoms with Gasteiger partial charge in [0.2, 0.25) is 0 Å². The molecular weight excluding hydrogens is 445 g/mol. The summed E-state index contributed by atoms with van der Waals surface area (Å²) in [6.45, 7) is 0. The molecule has 0 aliphatic carbocycles. The van der Waals surface area contributed by atoms with Gasteiger partial charge >= 0.3 is 6.18 Å². The summed E-state index contributed by atoms with van der Waals surface area (Å²) in [7, 11) is -1.54. The van der Waals surface area contributed by atoms with Crippen LogP contribution in [0, 0.1) is 0 Å². The van der Waals surface area contributed by atoms with Gasteiger partial charge in [-0.3, -0.25) is 19.0 Å². The van der Waals surface area contributed by atoms with Crippen LogP contribution < -0.4 is 9.79 Å². The summed E-state index contributed by atoms with van der Waals surface area (Å²) in [6, 6.07) is 8.97. The number of carbonyl (C=O) groups is 1. The first kappa shape index (κ1) is 21.8. The molecule has 0 spiro atoms. The molecule has 0 radical (unpaired) electrons. The molecule has 1 amide bonds. The molecule has 30 heavy (non-hydrogen) atoms. The number of aromatic nitrogens is 2. The summed E-state index contributed by atoms with van der Waals surface area (Å²) in [6.07, 6.45) is -4.58. The molecule has 0 saturated carbocycles. The fourth-order valence-electron chi connectivity index (χ4n) is 2.61. The van der Waals surface area contributed by atoms with Crippen molar-refractivity contribution < 1.29 is 31.6 Å². The van der Waals surface area contributed by atoms with Crippen LogP contribution in [-0.2, 0) is 23.2 Å². The molecule has 0 aliphatic heterocycles. The second kappa shape index (κ2) is 7.74. The van der Waals surface area contributed by atoms with Crippen molar-refractivity contribution in [2.75, 3.05) is 11.4 Å². The van der Waals surface area contributed by atoms with Crippen molar-refractivity contribution in [3.05, 3.63) is 53.7 Å². The summed E-state index contributed by atoms with van der Waals surface area (Å²) in [5.41, 5.74) is 0.912. The number of thiophene rings is 1. The fraction of sp³-hybridized carbons (Fsp3) is 0.176. The molecule has 2 N–H and O–H groups in total. The van der Waals surface area contributed by atoms with Crippen molar-refractivity contribution in [2.45, 2.75) is 10.4 Å². The van der Waals surface area contributed by atoms with Crippen molar-refractivity contribution in [3.8, 4) is 10.6 Å². The maximum atomic E-state index is 13.0. The van der Waals surface area contributed by atoms with E-state index in [1.54, 1.807) is 0 Å². The minimum atomic E-state index is -4.58. The van der Waals surface area contributed by atoms with Crippen LogP contribution in [0.5, 0.6) is 0 Å². The Bertz CT molecular complexity index is 1180. The third-order valence-electron chi connectivity index (χ3n) is 4.21. The van der Waals surface area contributed by atoms with E-state index in [4.69, 9.17) is 5.21 Å². The van der Waals surface area contributed by atoms with Crippen LogP contribution >= 0.6 is 11.3 Å². The number of sulfonamides is 1. The lowest BCUT2D eigenvalue weighted by atomic mass is 10.2. The lowest BCUT2D eigenvalue weighted by molar-refractivity contribution is -0.143. The number of amides is 1. The smallest absolute Gasteiger partial charge is 0.288 e. The van der Waals surface area contributed by atoms with Gasteiger partial charge in [0.1, 0.15) is 15.6 Å². The number of halogens is 3. The minimum absolute atomic E-state index is 0.0123. The van der Waals surface area contributed by atoms with Gasteiger partial charge in [0.15, 0.2) is 0 Å². The SMILES string of the molecule is CN(c1ccc(C(=O)NO)cc1)S(=O)(=O)c1ccc(-c2cc(C(F)(F)F)n(C)n2)s1. The number of hydroxylamine groups is 1. The quantitative estimate of drug-likeness (QED) is 0.450. The molecule has 0 aliphatic rings. The van der Waals surface area contributed by atoms with Crippen LogP contribution in [0.1, 0.15) is 16.1 Å². The highest BCUT2D eigenvalue weighted by Gasteiger charge is 2.35. The van der Waals surface area contributed by atoms with E-state index < -0.39 is 27.8 Å². The van der Waals surface area contributed by atoms with Crippen LogP contribution in [0.3, 0.4) is 0 Å². The Morgan fingerprint density at radius 3 is 2.37 bits per heavy atom. The molecule has 0 bridgehead atoms. The van der Waals surface area contributed by atoms with Gasteiger partial charge in [0, 0.05) is 19.7 Å². The monoisotopic (exact) mass is 460 g/mol. The highest BCUT2D eigenvalue weighted by atomic mass is 32.2. The number of aryl methyl sites for hydroxylation is 1. The molecule has 160 valence electrons. The number of hydrogen-bond donors (Lipinski definition) is 2. The van der Waals surface area contributed by atoms with Gasteiger partial charge < -0.3 is 0 Å². The Kier molecular flexibility index (Phi) is 5.62. The molecule has 1 aromatic carbocycles. The molecule has 2 aromatic heterocycles. The second-order valence-corrected chi connectivity index (χ2v) is 9.40. The topological polar surface area (TPSA) is 105 Å². The van der Waals surface area contributed by atoms with E-state index in [0.717, 1.165) is 28.8 Å². The third-order valence-corrected chi connectivity index (χ3v) is 7.57. The van der Waals surface area contributed by atoms with Gasteiger partial charge in [-0.25, -0.2) is 13.9 Å². The van der Waals surface area contributed by atoms with E-state index in [9.17, 15) is 26.4 Å².